The van der Waals surface area contributed by atoms with E-state index in [1.54, 1.807) is 49.9 Å². The molecule has 9 heteroatoms. The lowest BCUT2D eigenvalue weighted by atomic mass is 10.1. The Kier molecular flexibility index (Phi) is 3.93. The van der Waals surface area contributed by atoms with Crippen LogP contribution in [0.4, 0.5) is 5.69 Å². The number of ether oxygens (including phenoxy) is 1. The van der Waals surface area contributed by atoms with Gasteiger partial charge in [0, 0.05) is 29.7 Å². The van der Waals surface area contributed by atoms with Crippen LogP contribution in [0.3, 0.4) is 0 Å². The summed E-state index contributed by atoms with van der Waals surface area (Å²) >= 11 is 0. The molecule has 1 aromatic carbocycles. The number of aromatic nitrogens is 2. The van der Waals surface area contributed by atoms with E-state index < -0.39 is 11.5 Å². The van der Waals surface area contributed by atoms with Crippen LogP contribution < -0.4 is 26.9 Å². The van der Waals surface area contributed by atoms with Gasteiger partial charge in [0.25, 0.3) is 0 Å². The van der Waals surface area contributed by atoms with Gasteiger partial charge in [-0.05, 0) is 31.2 Å². The number of anilines is 1. The summed E-state index contributed by atoms with van der Waals surface area (Å²) in [7, 11) is 1.58. The van der Waals surface area contributed by atoms with Crippen LogP contribution in [0, 0.1) is 0 Å². The Bertz CT molecular complexity index is 1130. The molecule has 0 amide bonds. The van der Waals surface area contributed by atoms with Crippen molar-refractivity contribution in [2.45, 2.75) is 12.7 Å². The van der Waals surface area contributed by atoms with Crippen molar-refractivity contribution >= 4 is 23.0 Å². The average molecular weight is 366 g/mol. The molecule has 1 aliphatic heterocycles. The molecule has 3 heterocycles. The van der Waals surface area contributed by atoms with E-state index in [9.17, 15) is 4.79 Å². The van der Waals surface area contributed by atoms with Gasteiger partial charge < -0.3 is 19.8 Å². The number of fused-ring (bicyclic) bond motifs is 1. The number of hydrogen-bond donors (Lipinski definition) is 4. The van der Waals surface area contributed by atoms with Gasteiger partial charge in [0.15, 0.2) is 5.58 Å². The van der Waals surface area contributed by atoms with Crippen LogP contribution in [0.25, 0.3) is 11.1 Å². The van der Waals surface area contributed by atoms with Crippen LogP contribution in [0.5, 0.6) is 5.75 Å². The number of H-pyrrole nitrogens is 1. The largest absolute Gasteiger partial charge is 0.497 e. The first kappa shape index (κ1) is 16.9. The van der Waals surface area contributed by atoms with Gasteiger partial charge in [-0.1, -0.05) is 0 Å². The van der Waals surface area contributed by atoms with Crippen molar-refractivity contribution in [1.29, 1.82) is 0 Å². The lowest BCUT2D eigenvalue weighted by molar-refractivity contribution is 0.375. The standard InChI is InChI=1S/C18H18N6O3/c1-10-9-21-18(19,15-8-12(26-2)5-6-20-15)24-16(10)22-11-3-4-14-13(7-11)23-17(25)27-14/h3-9,22,24H,19H2,1-2H3,(H,23,25). The SMILES string of the molecule is COc1ccnc(C2(N)N=CC(C)=C(Nc3ccc4oc(=O)[nH]c4c3)N2)c1. The topological polar surface area (TPSA) is 131 Å². The molecule has 0 radical (unpaired) electrons. The van der Waals surface area contributed by atoms with Crippen LogP contribution in [0.15, 0.2) is 62.1 Å². The summed E-state index contributed by atoms with van der Waals surface area (Å²) in [6.45, 7) is 1.90. The Hall–Kier alpha value is -3.59. The average Bonchev–Trinajstić information content (AvgIpc) is 3.04. The maximum absolute atomic E-state index is 11.3. The molecule has 0 spiro atoms. The Morgan fingerprint density at radius 3 is 2.96 bits per heavy atom. The molecule has 0 fully saturated rings. The van der Waals surface area contributed by atoms with Crippen LogP contribution in [0.2, 0.25) is 0 Å². The molecule has 0 bridgehead atoms. The first-order chi connectivity index (χ1) is 13.0. The number of methoxy groups -OCH3 is 1. The molecule has 27 heavy (non-hydrogen) atoms. The smallest absolute Gasteiger partial charge is 0.417 e. The summed E-state index contributed by atoms with van der Waals surface area (Å²) in [4.78, 5) is 22.7. The number of pyridine rings is 1. The zero-order valence-electron chi connectivity index (χ0n) is 14.7. The van der Waals surface area contributed by atoms with Gasteiger partial charge in [-0.2, -0.15) is 0 Å². The first-order valence-corrected chi connectivity index (χ1v) is 8.20. The van der Waals surface area contributed by atoms with E-state index in [1.165, 1.54) is 0 Å². The Morgan fingerprint density at radius 1 is 1.30 bits per heavy atom. The minimum absolute atomic E-state index is 0.489. The Morgan fingerprint density at radius 2 is 2.15 bits per heavy atom. The van der Waals surface area contributed by atoms with Gasteiger partial charge in [-0.3, -0.25) is 15.7 Å². The molecule has 2 aromatic heterocycles. The van der Waals surface area contributed by atoms with Crippen molar-refractivity contribution in [3.05, 3.63) is 64.2 Å². The predicted octanol–water partition coefficient (Wildman–Crippen LogP) is 1.61. The second kappa shape index (κ2) is 6.29. The van der Waals surface area contributed by atoms with E-state index in [1.807, 2.05) is 6.92 Å². The molecule has 9 nitrogen and oxygen atoms in total. The Labute approximate surface area is 154 Å². The highest BCUT2D eigenvalue weighted by atomic mass is 16.5. The molecule has 1 atom stereocenters. The molecule has 4 rings (SSSR count). The number of benzene rings is 1. The minimum atomic E-state index is -1.25. The number of nitrogens with zero attached hydrogens (tertiary/aromatic N) is 2. The van der Waals surface area contributed by atoms with E-state index in [-0.39, 0.29) is 0 Å². The molecule has 5 N–H and O–H groups in total. The van der Waals surface area contributed by atoms with E-state index in [0.29, 0.717) is 28.4 Å². The van der Waals surface area contributed by atoms with Gasteiger partial charge in [-0.15, -0.1) is 0 Å². The van der Waals surface area contributed by atoms with Gasteiger partial charge in [-0.25, -0.2) is 9.79 Å². The number of nitrogens with one attached hydrogen (secondary N) is 3. The van der Waals surface area contributed by atoms with Crippen molar-refractivity contribution < 1.29 is 9.15 Å². The van der Waals surface area contributed by atoms with Crippen molar-refractivity contribution in [2.24, 2.45) is 10.7 Å². The molecular formula is C18H18N6O3. The molecule has 0 saturated heterocycles. The number of oxazole rings is 1. The molecule has 0 aliphatic carbocycles. The van der Waals surface area contributed by atoms with Crippen molar-refractivity contribution in [1.82, 2.24) is 15.3 Å². The summed E-state index contributed by atoms with van der Waals surface area (Å²) in [6, 6.07) is 8.75. The van der Waals surface area contributed by atoms with E-state index in [2.05, 4.69) is 25.6 Å². The second-order valence-electron chi connectivity index (χ2n) is 6.14. The number of aromatic amines is 1. The minimum Gasteiger partial charge on any atom is -0.497 e. The molecule has 0 saturated carbocycles. The maximum Gasteiger partial charge on any atom is 0.417 e. The molecular weight excluding hydrogens is 348 g/mol. The number of nitrogens with two attached hydrogens (primary N) is 1. The lowest BCUT2D eigenvalue weighted by Gasteiger charge is -2.32. The maximum atomic E-state index is 11.3. The number of aliphatic imine (C=N–C) groups is 1. The third-order valence-corrected chi connectivity index (χ3v) is 4.22. The summed E-state index contributed by atoms with van der Waals surface area (Å²) in [5, 5.41) is 6.44. The lowest BCUT2D eigenvalue weighted by Crippen LogP contribution is -2.52. The molecule has 138 valence electrons. The summed E-state index contributed by atoms with van der Waals surface area (Å²) in [5.41, 5.74) is 9.65. The van der Waals surface area contributed by atoms with E-state index in [4.69, 9.17) is 14.9 Å². The summed E-state index contributed by atoms with van der Waals surface area (Å²) in [6.07, 6.45) is 3.29. The number of hydrogen-bond acceptors (Lipinski definition) is 8. The Balaban J connectivity index is 1.63. The van der Waals surface area contributed by atoms with Crippen molar-refractivity contribution in [3.63, 3.8) is 0 Å². The fourth-order valence-electron chi connectivity index (χ4n) is 2.77. The summed E-state index contributed by atoms with van der Waals surface area (Å²) in [5.74, 6) is -0.436. The van der Waals surface area contributed by atoms with E-state index in [0.717, 1.165) is 11.3 Å². The normalized spacial score (nSPS) is 19.2. The highest BCUT2D eigenvalue weighted by Gasteiger charge is 2.32. The van der Waals surface area contributed by atoms with Crippen molar-refractivity contribution in [3.8, 4) is 5.75 Å². The van der Waals surface area contributed by atoms with E-state index >= 15 is 0 Å². The van der Waals surface area contributed by atoms with Gasteiger partial charge in [0.2, 0.25) is 5.79 Å². The predicted molar refractivity (Wildman–Crippen MR) is 101 cm³/mol. The number of allylic oxidation sites excluding steroid dienone is 1. The highest BCUT2D eigenvalue weighted by Crippen LogP contribution is 2.25. The second-order valence-corrected chi connectivity index (χ2v) is 6.14. The zero-order valence-corrected chi connectivity index (χ0v) is 14.7. The quantitative estimate of drug-likeness (QED) is 0.552. The van der Waals surface area contributed by atoms with Crippen LogP contribution >= 0.6 is 0 Å². The van der Waals surface area contributed by atoms with Crippen molar-refractivity contribution in [2.75, 3.05) is 12.4 Å². The van der Waals surface area contributed by atoms with Crippen LogP contribution in [-0.4, -0.2) is 23.3 Å². The first-order valence-electron chi connectivity index (χ1n) is 8.20. The van der Waals surface area contributed by atoms with Gasteiger partial charge in [0.1, 0.15) is 17.3 Å². The monoisotopic (exact) mass is 366 g/mol. The highest BCUT2D eigenvalue weighted by molar-refractivity contribution is 5.82. The third kappa shape index (κ3) is 3.15. The molecule has 3 aromatic rings. The number of rotatable bonds is 4. The van der Waals surface area contributed by atoms with Crippen LogP contribution in [-0.2, 0) is 5.79 Å². The molecule has 1 unspecified atom stereocenters. The summed E-state index contributed by atoms with van der Waals surface area (Å²) < 4.78 is 10.3. The third-order valence-electron chi connectivity index (χ3n) is 4.22. The fraction of sp³-hybridized carbons (Fsp3) is 0.167. The fourth-order valence-corrected chi connectivity index (χ4v) is 2.77. The van der Waals surface area contributed by atoms with Gasteiger partial charge in [0.05, 0.1) is 12.6 Å². The van der Waals surface area contributed by atoms with Gasteiger partial charge >= 0.3 is 5.76 Å². The van der Waals surface area contributed by atoms with Crippen LogP contribution in [0.1, 0.15) is 12.6 Å². The molecule has 1 aliphatic rings. The zero-order chi connectivity index (χ0) is 19.0.